The molecule has 0 bridgehead atoms. The molecule has 2 unspecified atom stereocenters. The molecular formula is C24H28O6. The smallest absolute Gasteiger partial charge is 0.115 e. The fourth-order valence-corrected chi connectivity index (χ4v) is 3.46. The quantitative estimate of drug-likeness (QED) is 0.529. The Morgan fingerprint density at radius 2 is 0.967 bits per heavy atom. The number of hydrogen-bond donors (Lipinski definition) is 4. The van der Waals surface area contributed by atoms with Crippen LogP contribution in [0.15, 0.2) is 61.7 Å². The minimum atomic E-state index is -1.50. The summed E-state index contributed by atoms with van der Waals surface area (Å²) in [5.74, 6) is 0. The molecule has 1 aliphatic rings. The van der Waals surface area contributed by atoms with Crippen molar-refractivity contribution < 1.29 is 29.9 Å². The molecule has 0 saturated heterocycles. The molecule has 0 amide bonds. The Hall–Kier alpha value is -2.32. The van der Waals surface area contributed by atoms with Crippen LogP contribution >= 0.6 is 0 Å². The summed E-state index contributed by atoms with van der Waals surface area (Å²) in [6.07, 6.45) is -4.50. The molecule has 2 aromatic rings. The maximum atomic E-state index is 10.7. The van der Waals surface area contributed by atoms with Crippen LogP contribution < -0.4 is 0 Å². The number of rotatable bonds is 8. The van der Waals surface area contributed by atoms with E-state index in [0.29, 0.717) is 0 Å². The number of aliphatic hydroxyl groups is 4. The maximum Gasteiger partial charge on any atom is 0.115 e. The van der Waals surface area contributed by atoms with Crippen LogP contribution in [0.3, 0.4) is 0 Å². The lowest BCUT2D eigenvalue weighted by Gasteiger charge is -2.43. The van der Waals surface area contributed by atoms with Crippen molar-refractivity contribution in [3.63, 3.8) is 0 Å². The molecule has 6 atom stereocenters. The van der Waals surface area contributed by atoms with Crippen LogP contribution in [0.1, 0.15) is 22.3 Å². The topological polar surface area (TPSA) is 99.4 Å². The Morgan fingerprint density at radius 3 is 1.30 bits per heavy atom. The summed E-state index contributed by atoms with van der Waals surface area (Å²) >= 11 is 0. The predicted octanol–water partition coefficient (Wildman–Crippen LogP) is 1.90. The third-order valence-corrected chi connectivity index (χ3v) is 5.36. The third kappa shape index (κ3) is 5.05. The van der Waals surface area contributed by atoms with Crippen molar-refractivity contribution in [1.29, 1.82) is 0 Å². The standard InChI is InChI=1S/C24H28O6/c1-3-15-5-9-17(10-6-15)13-29-23-20(26)19(25)21(27)24(22(23)28)30-14-18-11-7-16(4-2)8-12-18/h3-12,19-28H,1-2,13-14H2/t19?,20-,21+,22?,23+,24-. The van der Waals surface area contributed by atoms with Gasteiger partial charge in [0.05, 0.1) is 13.2 Å². The molecule has 0 aromatic heterocycles. The second-order valence-electron chi connectivity index (χ2n) is 7.41. The molecular weight excluding hydrogens is 384 g/mol. The summed E-state index contributed by atoms with van der Waals surface area (Å²) in [7, 11) is 0. The average molecular weight is 412 g/mol. The zero-order valence-corrected chi connectivity index (χ0v) is 16.7. The van der Waals surface area contributed by atoms with Crippen molar-refractivity contribution in [3.8, 4) is 0 Å². The highest BCUT2D eigenvalue weighted by molar-refractivity contribution is 5.47. The van der Waals surface area contributed by atoms with E-state index in [9.17, 15) is 20.4 Å². The van der Waals surface area contributed by atoms with Crippen LogP contribution in [-0.4, -0.2) is 57.0 Å². The molecule has 4 N–H and O–H groups in total. The van der Waals surface area contributed by atoms with Crippen LogP contribution in [0.25, 0.3) is 12.2 Å². The fourth-order valence-electron chi connectivity index (χ4n) is 3.46. The highest BCUT2D eigenvalue weighted by atomic mass is 16.5. The molecule has 30 heavy (non-hydrogen) atoms. The van der Waals surface area contributed by atoms with Gasteiger partial charge in [0.15, 0.2) is 0 Å². The molecule has 0 radical (unpaired) electrons. The van der Waals surface area contributed by atoms with Crippen LogP contribution in [0.4, 0.5) is 0 Å². The van der Waals surface area contributed by atoms with Gasteiger partial charge in [-0.1, -0.05) is 73.8 Å². The number of aliphatic hydroxyl groups excluding tert-OH is 4. The Bertz CT molecular complexity index is 762. The normalized spacial score (nSPS) is 28.8. The van der Waals surface area contributed by atoms with Gasteiger partial charge in [0.25, 0.3) is 0 Å². The fraction of sp³-hybridized carbons (Fsp3) is 0.333. The highest BCUT2D eigenvalue weighted by Crippen LogP contribution is 2.27. The Kier molecular flexibility index (Phi) is 7.55. The maximum absolute atomic E-state index is 10.7. The summed E-state index contributed by atoms with van der Waals surface area (Å²) in [6.45, 7) is 7.65. The molecule has 0 aliphatic heterocycles. The zero-order chi connectivity index (χ0) is 21.7. The van der Waals surface area contributed by atoms with Gasteiger partial charge in [-0.15, -0.1) is 0 Å². The molecule has 6 heteroatoms. The van der Waals surface area contributed by atoms with Crippen molar-refractivity contribution in [2.24, 2.45) is 0 Å². The van der Waals surface area contributed by atoms with Gasteiger partial charge in [0.2, 0.25) is 0 Å². The van der Waals surface area contributed by atoms with Crippen LogP contribution in [0.5, 0.6) is 0 Å². The largest absolute Gasteiger partial charge is 0.387 e. The summed E-state index contributed by atoms with van der Waals surface area (Å²) in [4.78, 5) is 0. The van der Waals surface area contributed by atoms with E-state index in [-0.39, 0.29) is 13.2 Å². The minimum absolute atomic E-state index is 0.120. The SMILES string of the molecule is C=Cc1ccc(CO[C@@H]2C(O)[C@H](OCc3ccc(C=C)cc3)[C@@H](O)C(O)[C@H]2O)cc1. The number of hydrogen-bond acceptors (Lipinski definition) is 6. The summed E-state index contributed by atoms with van der Waals surface area (Å²) in [5.41, 5.74) is 3.59. The molecule has 160 valence electrons. The summed E-state index contributed by atoms with van der Waals surface area (Å²) < 4.78 is 11.4. The second kappa shape index (κ2) is 10.1. The van der Waals surface area contributed by atoms with Gasteiger partial charge in [-0.25, -0.2) is 0 Å². The van der Waals surface area contributed by atoms with Gasteiger partial charge in [0.1, 0.15) is 36.6 Å². The minimum Gasteiger partial charge on any atom is -0.387 e. The number of ether oxygens (including phenoxy) is 2. The molecule has 0 heterocycles. The van der Waals surface area contributed by atoms with Crippen LogP contribution in [-0.2, 0) is 22.7 Å². The van der Waals surface area contributed by atoms with E-state index in [2.05, 4.69) is 13.2 Å². The molecule has 2 aromatic carbocycles. The van der Waals surface area contributed by atoms with Gasteiger partial charge < -0.3 is 29.9 Å². The monoisotopic (exact) mass is 412 g/mol. The summed E-state index contributed by atoms with van der Waals surface area (Å²) in [6, 6.07) is 14.9. The highest BCUT2D eigenvalue weighted by Gasteiger charge is 2.50. The van der Waals surface area contributed by atoms with E-state index < -0.39 is 36.6 Å². The first-order valence-corrected chi connectivity index (χ1v) is 9.83. The second-order valence-corrected chi connectivity index (χ2v) is 7.41. The van der Waals surface area contributed by atoms with Crippen molar-refractivity contribution in [2.75, 3.05) is 0 Å². The van der Waals surface area contributed by atoms with Gasteiger partial charge in [-0.3, -0.25) is 0 Å². The van der Waals surface area contributed by atoms with Gasteiger partial charge in [-0.2, -0.15) is 0 Å². The number of benzene rings is 2. The van der Waals surface area contributed by atoms with E-state index in [1.807, 2.05) is 48.5 Å². The Morgan fingerprint density at radius 1 is 0.600 bits per heavy atom. The van der Waals surface area contributed by atoms with E-state index in [0.717, 1.165) is 22.3 Å². The van der Waals surface area contributed by atoms with Crippen molar-refractivity contribution in [2.45, 2.75) is 49.8 Å². The molecule has 1 fully saturated rings. The van der Waals surface area contributed by atoms with E-state index >= 15 is 0 Å². The van der Waals surface area contributed by atoms with E-state index in [1.165, 1.54) is 0 Å². The van der Waals surface area contributed by atoms with Gasteiger partial charge in [0, 0.05) is 0 Å². The van der Waals surface area contributed by atoms with Crippen LogP contribution in [0.2, 0.25) is 0 Å². The van der Waals surface area contributed by atoms with Crippen molar-refractivity contribution in [3.05, 3.63) is 83.9 Å². The van der Waals surface area contributed by atoms with E-state index in [1.54, 1.807) is 12.2 Å². The molecule has 3 rings (SSSR count). The van der Waals surface area contributed by atoms with Gasteiger partial charge in [-0.05, 0) is 22.3 Å². The first-order valence-electron chi connectivity index (χ1n) is 9.83. The zero-order valence-electron chi connectivity index (χ0n) is 16.7. The lowest BCUT2D eigenvalue weighted by atomic mass is 9.84. The predicted molar refractivity (Wildman–Crippen MR) is 114 cm³/mol. The molecule has 6 nitrogen and oxygen atoms in total. The first kappa shape index (κ1) is 22.4. The third-order valence-electron chi connectivity index (χ3n) is 5.36. The molecule has 1 aliphatic carbocycles. The van der Waals surface area contributed by atoms with E-state index in [4.69, 9.17) is 9.47 Å². The van der Waals surface area contributed by atoms with Crippen molar-refractivity contribution in [1.82, 2.24) is 0 Å². The van der Waals surface area contributed by atoms with Gasteiger partial charge >= 0.3 is 0 Å². The Labute approximate surface area is 176 Å². The molecule has 0 spiro atoms. The first-order chi connectivity index (χ1) is 14.4. The van der Waals surface area contributed by atoms with Crippen molar-refractivity contribution >= 4 is 12.2 Å². The Balaban J connectivity index is 1.65. The average Bonchev–Trinajstić information content (AvgIpc) is 2.78. The summed E-state index contributed by atoms with van der Waals surface area (Å²) in [5, 5.41) is 41.6. The molecule has 1 saturated carbocycles. The lowest BCUT2D eigenvalue weighted by Crippen LogP contribution is -2.64. The lowest BCUT2D eigenvalue weighted by molar-refractivity contribution is -0.250. The van der Waals surface area contributed by atoms with Crippen LogP contribution in [0, 0.1) is 0 Å².